The lowest BCUT2D eigenvalue weighted by molar-refractivity contribution is 0.0330. The SMILES string of the molecule is C[C@@H](COCc1ccccc1)[C@H]1CCO[C@@H]1CCc1ccccc1. The van der Waals surface area contributed by atoms with Crippen molar-refractivity contribution in [1.82, 2.24) is 0 Å². The minimum absolute atomic E-state index is 0.375. The van der Waals surface area contributed by atoms with Crippen LogP contribution in [0.2, 0.25) is 0 Å². The first-order chi connectivity index (χ1) is 11.8. The van der Waals surface area contributed by atoms with Crippen LogP contribution in [-0.4, -0.2) is 19.3 Å². The van der Waals surface area contributed by atoms with Crippen LogP contribution in [0.4, 0.5) is 0 Å². The van der Waals surface area contributed by atoms with Gasteiger partial charge in [0, 0.05) is 13.2 Å². The molecule has 0 amide bonds. The Hall–Kier alpha value is -1.64. The summed E-state index contributed by atoms with van der Waals surface area (Å²) < 4.78 is 12.0. The van der Waals surface area contributed by atoms with E-state index in [1.807, 2.05) is 6.07 Å². The fourth-order valence-electron chi connectivity index (χ4n) is 3.63. The molecular weight excluding hydrogens is 296 g/mol. The first-order valence-electron chi connectivity index (χ1n) is 9.10. The van der Waals surface area contributed by atoms with Crippen molar-refractivity contribution in [2.45, 2.75) is 38.9 Å². The number of rotatable bonds is 8. The number of aryl methyl sites for hydroxylation is 1. The molecule has 0 unspecified atom stereocenters. The largest absolute Gasteiger partial charge is 0.378 e. The molecule has 1 aliphatic rings. The Kier molecular flexibility index (Phi) is 6.45. The molecule has 2 heteroatoms. The molecule has 1 saturated heterocycles. The van der Waals surface area contributed by atoms with Gasteiger partial charge in [0.05, 0.1) is 12.7 Å². The van der Waals surface area contributed by atoms with Crippen LogP contribution in [0.1, 0.15) is 30.9 Å². The maximum atomic E-state index is 6.02. The zero-order chi connectivity index (χ0) is 16.6. The van der Waals surface area contributed by atoms with Crippen molar-refractivity contribution in [2.75, 3.05) is 13.2 Å². The molecule has 0 spiro atoms. The van der Waals surface area contributed by atoms with Gasteiger partial charge in [-0.3, -0.25) is 0 Å². The second kappa shape index (κ2) is 9.00. The molecule has 2 nitrogen and oxygen atoms in total. The van der Waals surface area contributed by atoms with Crippen LogP contribution in [-0.2, 0) is 22.5 Å². The van der Waals surface area contributed by atoms with Gasteiger partial charge in [-0.2, -0.15) is 0 Å². The summed E-state index contributed by atoms with van der Waals surface area (Å²) in [7, 11) is 0. The fourth-order valence-corrected chi connectivity index (χ4v) is 3.63. The smallest absolute Gasteiger partial charge is 0.0717 e. The van der Waals surface area contributed by atoms with E-state index in [1.165, 1.54) is 11.1 Å². The fraction of sp³-hybridized carbons (Fsp3) is 0.455. The Morgan fingerprint density at radius 3 is 2.38 bits per heavy atom. The van der Waals surface area contributed by atoms with Crippen molar-refractivity contribution in [3.05, 3.63) is 71.8 Å². The first-order valence-corrected chi connectivity index (χ1v) is 9.10. The highest BCUT2D eigenvalue weighted by Crippen LogP contribution is 2.31. The topological polar surface area (TPSA) is 18.5 Å². The molecule has 1 fully saturated rings. The lowest BCUT2D eigenvalue weighted by Gasteiger charge is -2.24. The summed E-state index contributed by atoms with van der Waals surface area (Å²) in [4.78, 5) is 0. The Morgan fingerprint density at radius 2 is 1.67 bits per heavy atom. The molecule has 1 aliphatic heterocycles. The summed E-state index contributed by atoms with van der Waals surface area (Å²) in [5.74, 6) is 1.15. The Morgan fingerprint density at radius 1 is 1.00 bits per heavy atom. The van der Waals surface area contributed by atoms with E-state index >= 15 is 0 Å². The van der Waals surface area contributed by atoms with Crippen LogP contribution in [0.5, 0.6) is 0 Å². The Balaban J connectivity index is 1.44. The third-order valence-corrected chi connectivity index (χ3v) is 5.04. The molecular formula is C22H28O2. The zero-order valence-electron chi connectivity index (χ0n) is 14.6. The predicted molar refractivity (Wildman–Crippen MR) is 97.9 cm³/mol. The minimum Gasteiger partial charge on any atom is -0.378 e. The zero-order valence-corrected chi connectivity index (χ0v) is 14.6. The van der Waals surface area contributed by atoms with Crippen molar-refractivity contribution in [1.29, 1.82) is 0 Å². The Bertz CT molecular complexity index is 581. The summed E-state index contributed by atoms with van der Waals surface area (Å²) in [6.45, 7) is 4.71. The van der Waals surface area contributed by atoms with Crippen LogP contribution in [0.15, 0.2) is 60.7 Å². The van der Waals surface area contributed by atoms with Crippen LogP contribution in [0.25, 0.3) is 0 Å². The molecule has 2 aromatic rings. The maximum absolute atomic E-state index is 6.02. The van der Waals surface area contributed by atoms with Crippen molar-refractivity contribution in [3.63, 3.8) is 0 Å². The number of hydrogen-bond acceptors (Lipinski definition) is 2. The van der Waals surface area contributed by atoms with E-state index in [9.17, 15) is 0 Å². The van der Waals surface area contributed by atoms with Crippen LogP contribution < -0.4 is 0 Å². The van der Waals surface area contributed by atoms with Gasteiger partial charge in [-0.1, -0.05) is 67.6 Å². The average molecular weight is 324 g/mol. The van der Waals surface area contributed by atoms with Gasteiger partial charge in [0.1, 0.15) is 0 Å². The highest BCUT2D eigenvalue weighted by molar-refractivity contribution is 5.15. The van der Waals surface area contributed by atoms with Gasteiger partial charge in [0.2, 0.25) is 0 Å². The molecule has 2 aromatic carbocycles. The summed E-state index contributed by atoms with van der Waals surface area (Å²) in [6, 6.07) is 21.1. The van der Waals surface area contributed by atoms with Gasteiger partial charge in [-0.25, -0.2) is 0 Å². The van der Waals surface area contributed by atoms with Crippen LogP contribution in [0, 0.1) is 11.8 Å². The summed E-state index contributed by atoms with van der Waals surface area (Å²) in [6.07, 6.45) is 3.74. The van der Waals surface area contributed by atoms with Gasteiger partial charge in [0.25, 0.3) is 0 Å². The van der Waals surface area contributed by atoms with Crippen LogP contribution >= 0.6 is 0 Å². The van der Waals surface area contributed by atoms with Gasteiger partial charge in [-0.15, -0.1) is 0 Å². The Labute approximate surface area is 145 Å². The van der Waals surface area contributed by atoms with E-state index in [4.69, 9.17) is 9.47 Å². The second-order valence-electron chi connectivity index (χ2n) is 6.86. The van der Waals surface area contributed by atoms with Crippen molar-refractivity contribution in [2.24, 2.45) is 11.8 Å². The van der Waals surface area contributed by atoms with Gasteiger partial charge < -0.3 is 9.47 Å². The van der Waals surface area contributed by atoms with Crippen molar-refractivity contribution in [3.8, 4) is 0 Å². The molecule has 0 radical (unpaired) electrons. The summed E-state index contributed by atoms with van der Waals surface area (Å²) in [5, 5.41) is 0. The molecule has 128 valence electrons. The molecule has 0 N–H and O–H groups in total. The van der Waals surface area contributed by atoms with Gasteiger partial charge >= 0.3 is 0 Å². The first kappa shape index (κ1) is 17.2. The summed E-state index contributed by atoms with van der Waals surface area (Å²) >= 11 is 0. The third-order valence-electron chi connectivity index (χ3n) is 5.04. The van der Waals surface area contributed by atoms with E-state index < -0.39 is 0 Å². The van der Waals surface area contributed by atoms with E-state index in [1.54, 1.807) is 0 Å². The minimum atomic E-state index is 0.375. The highest BCUT2D eigenvalue weighted by atomic mass is 16.5. The maximum Gasteiger partial charge on any atom is 0.0717 e. The highest BCUT2D eigenvalue weighted by Gasteiger charge is 2.32. The molecule has 1 heterocycles. The van der Waals surface area contributed by atoms with Crippen molar-refractivity contribution < 1.29 is 9.47 Å². The second-order valence-corrected chi connectivity index (χ2v) is 6.86. The van der Waals surface area contributed by atoms with E-state index in [0.29, 0.717) is 24.5 Å². The predicted octanol–water partition coefficient (Wildman–Crippen LogP) is 4.88. The van der Waals surface area contributed by atoms with Gasteiger partial charge in [0.15, 0.2) is 0 Å². The quantitative estimate of drug-likeness (QED) is 0.689. The van der Waals surface area contributed by atoms with Crippen molar-refractivity contribution >= 4 is 0 Å². The van der Waals surface area contributed by atoms with E-state index in [2.05, 4.69) is 61.5 Å². The number of ether oxygens (including phenoxy) is 2. The number of hydrogen-bond donors (Lipinski definition) is 0. The van der Waals surface area contributed by atoms with Gasteiger partial charge in [-0.05, 0) is 42.2 Å². The number of benzene rings is 2. The third kappa shape index (κ3) is 4.93. The molecule has 0 aromatic heterocycles. The normalized spacial score (nSPS) is 21.7. The lowest BCUT2D eigenvalue weighted by atomic mass is 9.86. The molecule has 0 bridgehead atoms. The van der Waals surface area contributed by atoms with E-state index in [0.717, 1.165) is 32.5 Å². The molecule has 0 saturated carbocycles. The average Bonchev–Trinajstić information content (AvgIpc) is 3.10. The monoisotopic (exact) mass is 324 g/mol. The molecule has 3 rings (SSSR count). The lowest BCUT2D eigenvalue weighted by Crippen LogP contribution is -2.26. The van der Waals surface area contributed by atoms with E-state index in [-0.39, 0.29) is 0 Å². The standard InChI is InChI=1S/C22H28O2/c1-18(16-23-17-20-10-6-3-7-11-20)21-14-15-24-22(21)13-12-19-8-4-2-5-9-19/h2-11,18,21-22H,12-17H2,1H3/t18-,21+,22+/m0/s1. The molecule has 24 heavy (non-hydrogen) atoms. The molecule has 0 aliphatic carbocycles. The summed E-state index contributed by atoms with van der Waals surface area (Å²) in [5.41, 5.74) is 2.65. The molecule has 3 atom stereocenters. The van der Waals surface area contributed by atoms with Crippen LogP contribution in [0.3, 0.4) is 0 Å².